The van der Waals surface area contributed by atoms with Crippen LogP contribution in [-0.2, 0) is 20.1 Å². The van der Waals surface area contributed by atoms with E-state index in [4.69, 9.17) is 0 Å². The van der Waals surface area contributed by atoms with Crippen molar-refractivity contribution in [3.63, 3.8) is 0 Å². The Kier molecular flexibility index (Phi) is 3.67. The Bertz CT molecular complexity index is 284. The molecule has 13 heavy (non-hydrogen) atoms. The fraction of sp³-hybridized carbons (Fsp3) is 0.200. The average Bonchev–Trinajstić information content (AvgIpc) is 2.54. The number of rotatable bonds is 1. The van der Waals surface area contributed by atoms with Crippen LogP contribution < -0.4 is 5.01 Å². The summed E-state index contributed by atoms with van der Waals surface area (Å²) in [6, 6.07) is 11.2. The summed E-state index contributed by atoms with van der Waals surface area (Å²) in [5, 5.41) is 1.85. The molecule has 1 aliphatic heterocycles. The van der Waals surface area contributed by atoms with Gasteiger partial charge < -0.3 is 10.4 Å². The summed E-state index contributed by atoms with van der Waals surface area (Å²) in [5.41, 5.74) is 5.35. The third-order valence-electron chi connectivity index (χ3n) is 1.75. The predicted octanol–water partition coefficient (Wildman–Crippen LogP) is 2.50. The number of hydrogen-bond donors (Lipinski definition) is 0. The number of hydrogen-bond acceptors (Lipinski definition) is 1. The molecule has 1 aliphatic rings. The topological polar surface area (TPSA) is 17.3 Å². The standard InChI is InChI=1S/C10H10N2.Ir/c1-9-7-8-12(11-9)10-5-3-2-4-6-10;/h2-5,7-9H,1H3;/q-2;. The van der Waals surface area contributed by atoms with Gasteiger partial charge in [-0.2, -0.15) is 24.3 Å². The van der Waals surface area contributed by atoms with Gasteiger partial charge in [0.2, 0.25) is 0 Å². The molecule has 0 saturated carbocycles. The van der Waals surface area contributed by atoms with Gasteiger partial charge in [-0.25, -0.2) is 0 Å². The number of benzene rings is 1. The first kappa shape index (κ1) is 10.5. The molecule has 0 aliphatic carbocycles. The van der Waals surface area contributed by atoms with Crippen LogP contribution in [0.15, 0.2) is 36.5 Å². The second-order valence-corrected chi connectivity index (χ2v) is 2.79. The molecule has 0 amide bonds. The smallest absolute Gasteiger partial charge is 0 e. The van der Waals surface area contributed by atoms with Crippen molar-refractivity contribution in [1.82, 2.24) is 0 Å². The molecule has 0 spiro atoms. The number of para-hydroxylation sites is 1. The van der Waals surface area contributed by atoms with Gasteiger partial charge in [0.25, 0.3) is 0 Å². The zero-order chi connectivity index (χ0) is 8.39. The summed E-state index contributed by atoms with van der Waals surface area (Å²) in [6.07, 6.45) is 4.03. The Hall–Kier alpha value is -0.631. The quantitative estimate of drug-likeness (QED) is 0.712. The van der Waals surface area contributed by atoms with Gasteiger partial charge in [0.05, 0.1) is 0 Å². The molecule has 0 bridgehead atoms. The average molecular weight is 350 g/mol. The number of nitrogens with zero attached hydrogens (tertiary/aromatic N) is 2. The second kappa shape index (κ2) is 4.56. The molecular formula is C10H10IrN2-2. The Morgan fingerprint density at radius 2 is 2.31 bits per heavy atom. The summed E-state index contributed by atoms with van der Waals surface area (Å²) in [6.45, 7) is 2.06. The van der Waals surface area contributed by atoms with Crippen molar-refractivity contribution >= 4 is 5.69 Å². The van der Waals surface area contributed by atoms with Crippen molar-refractivity contribution in [2.45, 2.75) is 13.0 Å². The SMILES string of the molecule is CC1C=CN(c2[c-]cccc2)[N-]1.[Ir]. The van der Waals surface area contributed by atoms with E-state index in [1.54, 1.807) is 0 Å². The van der Waals surface area contributed by atoms with Crippen molar-refractivity contribution in [2.24, 2.45) is 0 Å². The molecule has 2 rings (SSSR count). The van der Waals surface area contributed by atoms with Crippen molar-refractivity contribution in [2.75, 3.05) is 5.01 Å². The molecule has 1 aromatic rings. The van der Waals surface area contributed by atoms with Gasteiger partial charge in [0.1, 0.15) is 0 Å². The van der Waals surface area contributed by atoms with E-state index in [1.807, 2.05) is 35.5 Å². The van der Waals surface area contributed by atoms with Crippen molar-refractivity contribution in [3.05, 3.63) is 48.0 Å². The van der Waals surface area contributed by atoms with Gasteiger partial charge in [0.15, 0.2) is 0 Å². The summed E-state index contributed by atoms with van der Waals surface area (Å²) in [4.78, 5) is 0. The van der Waals surface area contributed by atoms with Crippen molar-refractivity contribution in [3.8, 4) is 0 Å². The third kappa shape index (κ3) is 2.41. The minimum Gasteiger partial charge on any atom is -0.559 e. The van der Waals surface area contributed by atoms with Crippen LogP contribution in [0.2, 0.25) is 0 Å². The van der Waals surface area contributed by atoms with Gasteiger partial charge >= 0.3 is 0 Å². The Morgan fingerprint density at radius 1 is 1.46 bits per heavy atom. The Balaban J connectivity index is 0.000000845. The van der Waals surface area contributed by atoms with Crippen LogP contribution in [0.5, 0.6) is 0 Å². The van der Waals surface area contributed by atoms with E-state index in [0.717, 1.165) is 5.69 Å². The zero-order valence-corrected chi connectivity index (χ0v) is 9.66. The fourth-order valence-corrected chi connectivity index (χ4v) is 1.15. The van der Waals surface area contributed by atoms with Crippen LogP contribution in [0.1, 0.15) is 6.92 Å². The van der Waals surface area contributed by atoms with E-state index >= 15 is 0 Å². The molecular weight excluding hydrogens is 340 g/mol. The maximum absolute atomic E-state index is 4.35. The van der Waals surface area contributed by atoms with Crippen LogP contribution in [0.25, 0.3) is 5.43 Å². The van der Waals surface area contributed by atoms with E-state index in [-0.39, 0.29) is 20.1 Å². The maximum Gasteiger partial charge on any atom is 0 e. The molecule has 1 aromatic carbocycles. The monoisotopic (exact) mass is 351 g/mol. The molecule has 0 aromatic heterocycles. The largest absolute Gasteiger partial charge is 0.559 e. The van der Waals surface area contributed by atoms with Crippen LogP contribution in [0.3, 0.4) is 0 Å². The second-order valence-electron chi connectivity index (χ2n) is 2.79. The van der Waals surface area contributed by atoms with Gasteiger partial charge in [-0.3, -0.25) is 0 Å². The zero-order valence-electron chi connectivity index (χ0n) is 7.27. The Labute approximate surface area is 92.0 Å². The van der Waals surface area contributed by atoms with Gasteiger partial charge in [-0.1, -0.05) is 18.7 Å². The predicted molar refractivity (Wildman–Crippen MR) is 49.7 cm³/mol. The van der Waals surface area contributed by atoms with Crippen molar-refractivity contribution < 1.29 is 20.1 Å². The van der Waals surface area contributed by atoms with Gasteiger partial charge in [0, 0.05) is 20.1 Å². The van der Waals surface area contributed by atoms with Crippen LogP contribution in [-0.4, -0.2) is 6.04 Å². The van der Waals surface area contributed by atoms with E-state index in [2.05, 4.69) is 24.5 Å². The van der Waals surface area contributed by atoms with E-state index in [0.29, 0.717) is 6.04 Å². The maximum atomic E-state index is 4.35. The molecule has 1 unspecified atom stereocenters. The summed E-state index contributed by atoms with van der Waals surface area (Å²) in [5.74, 6) is 0. The first-order valence-corrected chi connectivity index (χ1v) is 4.01. The van der Waals surface area contributed by atoms with E-state index < -0.39 is 0 Å². The third-order valence-corrected chi connectivity index (χ3v) is 1.75. The van der Waals surface area contributed by atoms with Crippen LogP contribution >= 0.6 is 0 Å². The molecule has 71 valence electrons. The summed E-state index contributed by atoms with van der Waals surface area (Å²) < 4.78 is 0. The Morgan fingerprint density at radius 3 is 2.85 bits per heavy atom. The molecule has 1 heterocycles. The van der Waals surface area contributed by atoms with E-state index in [9.17, 15) is 0 Å². The molecule has 3 heteroatoms. The molecule has 0 N–H and O–H groups in total. The van der Waals surface area contributed by atoms with Gasteiger partial charge in [-0.05, 0) is 6.20 Å². The molecule has 0 saturated heterocycles. The van der Waals surface area contributed by atoms with Crippen LogP contribution in [0.4, 0.5) is 5.69 Å². The molecule has 1 radical (unpaired) electrons. The van der Waals surface area contributed by atoms with Gasteiger partial charge in [-0.15, -0.1) is 12.1 Å². The normalized spacial score (nSPS) is 20.1. The summed E-state index contributed by atoms with van der Waals surface area (Å²) in [7, 11) is 0. The summed E-state index contributed by atoms with van der Waals surface area (Å²) >= 11 is 0. The first-order chi connectivity index (χ1) is 5.86. The molecule has 0 fully saturated rings. The van der Waals surface area contributed by atoms with Crippen LogP contribution in [0, 0.1) is 6.07 Å². The minimum atomic E-state index is 0. The van der Waals surface area contributed by atoms with Crippen molar-refractivity contribution in [1.29, 1.82) is 0 Å². The van der Waals surface area contributed by atoms with E-state index in [1.165, 1.54) is 0 Å². The number of anilines is 1. The molecule has 1 atom stereocenters. The first-order valence-electron chi connectivity index (χ1n) is 4.01. The molecule has 2 nitrogen and oxygen atoms in total. The minimum absolute atomic E-state index is 0. The fourth-order valence-electron chi connectivity index (χ4n) is 1.15.